The smallest absolute Gasteiger partial charge is 0.320 e. The fourth-order valence-corrected chi connectivity index (χ4v) is 3.58. The van der Waals surface area contributed by atoms with Crippen LogP contribution < -0.4 is 15.4 Å². The van der Waals surface area contributed by atoms with E-state index in [0.29, 0.717) is 18.0 Å². The average molecular weight is 369 g/mol. The highest BCUT2D eigenvalue weighted by Gasteiger charge is 2.18. The van der Waals surface area contributed by atoms with Crippen LogP contribution in [0.1, 0.15) is 19.3 Å². The quantitative estimate of drug-likeness (QED) is 0.574. The van der Waals surface area contributed by atoms with Crippen molar-refractivity contribution >= 4 is 27.6 Å². The van der Waals surface area contributed by atoms with Crippen molar-refractivity contribution in [2.24, 2.45) is 5.92 Å². The Hall–Kier alpha value is -1.97. The van der Waals surface area contributed by atoms with Crippen LogP contribution in [-0.4, -0.2) is 47.0 Å². The molecule has 138 valence electrons. The molecule has 8 nitrogen and oxygen atoms in total. The third-order valence-corrected chi connectivity index (χ3v) is 5.40. The van der Waals surface area contributed by atoms with Crippen molar-refractivity contribution in [2.75, 3.05) is 32.1 Å². The van der Waals surface area contributed by atoms with Crippen LogP contribution in [0, 0.1) is 5.92 Å². The molecule has 1 unspecified atom stereocenters. The van der Waals surface area contributed by atoms with E-state index in [4.69, 9.17) is 0 Å². The normalized spacial score (nSPS) is 17.2. The first-order chi connectivity index (χ1) is 11.9. The van der Waals surface area contributed by atoms with Gasteiger partial charge in [0.2, 0.25) is 15.9 Å². The van der Waals surface area contributed by atoms with Gasteiger partial charge in [-0.1, -0.05) is 6.07 Å². The van der Waals surface area contributed by atoms with Crippen LogP contribution in [0.5, 0.6) is 0 Å². The summed E-state index contributed by atoms with van der Waals surface area (Å²) in [5, 5.41) is 5.97. The van der Waals surface area contributed by atoms with E-state index in [9.17, 15) is 18.0 Å². The number of nitrogens with one attached hydrogen (secondary N) is 3. The lowest BCUT2D eigenvalue weighted by molar-refractivity contribution is -0.139. The van der Waals surface area contributed by atoms with Gasteiger partial charge in [0.15, 0.2) is 0 Å². The van der Waals surface area contributed by atoms with Crippen LogP contribution in [-0.2, 0) is 24.3 Å². The Balaban J connectivity index is 1.93. The lowest BCUT2D eigenvalue weighted by atomic mass is 10.0. The standard InChI is InChI=1S/C16H23N3O5S/c1-24-16(21)11-18-25(22,23)14-4-2-3-13(9-14)19-15(20)6-5-12-7-8-17-10-12/h2-4,9,12,17-18H,5-8,10-11H2,1H3,(H,19,20). The second kappa shape index (κ2) is 8.93. The van der Waals surface area contributed by atoms with Crippen LogP contribution in [0.25, 0.3) is 0 Å². The lowest BCUT2D eigenvalue weighted by Gasteiger charge is -2.10. The first-order valence-corrected chi connectivity index (χ1v) is 9.56. The van der Waals surface area contributed by atoms with Gasteiger partial charge in [0.1, 0.15) is 6.54 Å². The Bertz CT molecular complexity index is 714. The molecule has 1 heterocycles. The van der Waals surface area contributed by atoms with E-state index in [1.165, 1.54) is 25.3 Å². The Morgan fingerprint density at radius 2 is 2.16 bits per heavy atom. The number of anilines is 1. The number of sulfonamides is 1. The molecule has 1 aliphatic rings. The Labute approximate surface area is 147 Å². The van der Waals surface area contributed by atoms with E-state index >= 15 is 0 Å². The van der Waals surface area contributed by atoms with Gasteiger partial charge in [-0.2, -0.15) is 4.72 Å². The zero-order valence-corrected chi connectivity index (χ0v) is 14.9. The van der Waals surface area contributed by atoms with Crippen molar-refractivity contribution in [3.8, 4) is 0 Å². The number of benzene rings is 1. The van der Waals surface area contributed by atoms with Crippen molar-refractivity contribution < 1.29 is 22.7 Å². The second-order valence-electron chi connectivity index (χ2n) is 5.87. The van der Waals surface area contributed by atoms with E-state index in [2.05, 4.69) is 20.1 Å². The number of rotatable bonds is 8. The lowest BCUT2D eigenvalue weighted by Crippen LogP contribution is -2.30. The molecule has 0 aromatic heterocycles. The van der Waals surface area contributed by atoms with Crippen molar-refractivity contribution in [1.82, 2.24) is 10.0 Å². The molecular formula is C16H23N3O5S. The van der Waals surface area contributed by atoms with E-state index in [0.717, 1.165) is 25.9 Å². The third-order valence-electron chi connectivity index (χ3n) is 4.00. The molecule has 9 heteroatoms. The van der Waals surface area contributed by atoms with E-state index in [1.54, 1.807) is 6.07 Å². The summed E-state index contributed by atoms with van der Waals surface area (Å²) in [4.78, 5) is 23.1. The third kappa shape index (κ3) is 6.11. The van der Waals surface area contributed by atoms with Crippen LogP contribution in [0.2, 0.25) is 0 Å². The molecule has 1 amide bonds. The fourth-order valence-electron chi connectivity index (χ4n) is 2.57. The number of methoxy groups -OCH3 is 1. The highest BCUT2D eigenvalue weighted by atomic mass is 32.2. The molecule has 25 heavy (non-hydrogen) atoms. The number of esters is 1. The number of amides is 1. The minimum absolute atomic E-state index is 0.0332. The zero-order chi connectivity index (χ0) is 18.3. The number of carbonyl (C=O) groups excluding carboxylic acids is 2. The molecular weight excluding hydrogens is 346 g/mol. The zero-order valence-electron chi connectivity index (χ0n) is 14.1. The van der Waals surface area contributed by atoms with Gasteiger partial charge in [0.05, 0.1) is 12.0 Å². The van der Waals surface area contributed by atoms with Gasteiger partial charge in [-0.05, 0) is 50.0 Å². The molecule has 1 saturated heterocycles. The summed E-state index contributed by atoms with van der Waals surface area (Å²) in [7, 11) is -2.68. The number of hydrogen-bond acceptors (Lipinski definition) is 6. The molecule has 1 fully saturated rings. The number of ether oxygens (including phenoxy) is 1. The van der Waals surface area contributed by atoms with Gasteiger partial charge >= 0.3 is 5.97 Å². The molecule has 1 aromatic rings. The highest BCUT2D eigenvalue weighted by molar-refractivity contribution is 7.89. The molecule has 0 radical (unpaired) electrons. The van der Waals surface area contributed by atoms with E-state index in [1.807, 2.05) is 0 Å². The first-order valence-electron chi connectivity index (χ1n) is 8.08. The predicted molar refractivity (Wildman–Crippen MR) is 92.5 cm³/mol. The summed E-state index contributed by atoms with van der Waals surface area (Å²) >= 11 is 0. The number of carbonyl (C=O) groups is 2. The summed E-state index contributed by atoms with van der Waals surface area (Å²) in [6.07, 6.45) is 2.27. The maximum Gasteiger partial charge on any atom is 0.320 e. The average Bonchev–Trinajstić information content (AvgIpc) is 3.12. The van der Waals surface area contributed by atoms with Crippen LogP contribution in [0.15, 0.2) is 29.2 Å². The molecule has 1 aromatic carbocycles. The van der Waals surface area contributed by atoms with Crippen LogP contribution in [0.3, 0.4) is 0 Å². The maximum absolute atomic E-state index is 12.2. The minimum atomic E-state index is -3.86. The van der Waals surface area contributed by atoms with Crippen LogP contribution >= 0.6 is 0 Å². The van der Waals surface area contributed by atoms with Gasteiger partial charge in [-0.3, -0.25) is 9.59 Å². The largest absolute Gasteiger partial charge is 0.468 e. The molecule has 0 aliphatic carbocycles. The van der Waals surface area contributed by atoms with E-state index < -0.39 is 22.5 Å². The monoisotopic (exact) mass is 369 g/mol. The number of hydrogen-bond donors (Lipinski definition) is 3. The van der Waals surface area contributed by atoms with Gasteiger partial charge < -0.3 is 15.4 Å². The molecule has 0 bridgehead atoms. The predicted octanol–water partition coefficient (Wildman–Crippen LogP) is 0.466. The van der Waals surface area contributed by atoms with Gasteiger partial charge in [-0.15, -0.1) is 0 Å². The van der Waals surface area contributed by atoms with Crippen molar-refractivity contribution in [3.05, 3.63) is 24.3 Å². The van der Waals surface area contributed by atoms with Crippen molar-refractivity contribution in [1.29, 1.82) is 0 Å². The molecule has 2 rings (SSSR count). The summed E-state index contributed by atoms with van der Waals surface area (Å²) in [6, 6.07) is 5.89. The summed E-state index contributed by atoms with van der Waals surface area (Å²) in [5.41, 5.74) is 0.399. The van der Waals surface area contributed by atoms with Gasteiger partial charge in [-0.25, -0.2) is 8.42 Å². The first kappa shape index (κ1) is 19.4. The summed E-state index contributed by atoms with van der Waals surface area (Å²) < 4.78 is 30.8. The minimum Gasteiger partial charge on any atom is -0.468 e. The van der Waals surface area contributed by atoms with Gasteiger partial charge in [0, 0.05) is 12.1 Å². The van der Waals surface area contributed by atoms with Crippen LogP contribution in [0.4, 0.5) is 5.69 Å². The SMILES string of the molecule is COC(=O)CNS(=O)(=O)c1cccc(NC(=O)CCC2CCNC2)c1. The molecule has 0 spiro atoms. The van der Waals surface area contributed by atoms with Crippen molar-refractivity contribution in [2.45, 2.75) is 24.2 Å². The maximum atomic E-state index is 12.2. The molecule has 0 saturated carbocycles. The Morgan fingerprint density at radius 1 is 1.36 bits per heavy atom. The Morgan fingerprint density at radius 3 is 2.84 bits per heavy atom. The summed E-state index contributed by atoms with van der Waals surface area (Å²) in [6.45, 7) is 1.47. The fraction of sp³-hybridized carbons (Fsp3) is 0.500. The molecule has 3 N–H and O–H groups in total. The Kier molecular flexibility index (Phi) is 6.91. The second-order valence-corrected chi connectivity index (χ2v) is 7.64. The summed E-state index contributed by atoms with van der Waals surface area (Å²) in [5.74, 6) is -0.321. The highest BCUT2D eigenvalue weighted by Crippen LogP contribution is 2.18. The van der Waals surface area contributed by atoms with E-state index in [-0.39, 0.29) is 10.8 Å². The molecule has 1 aliphatic heterocycles. The topological polar surface area (TPSA) is 114 Å². The van der Waals surface area contributed by atoms with Gasteiger partial charge in [0.25, 0.3) is 0 Å². The molecule has 1 atom stereocenters. The van der Waals surface area contributed by atoms with Crippen molar-refractivity contribution in [3.63, 3.8) is 0 Å².